The van der Waals surface area contributed by atoms with Crippen LogP contribution in [-0.4, -0.2) is 46.6 Å². The first-order valence-corrected chi connectivity index (χ1v) is 6.49. The third kappa shape index (κ3) is 4.29. The minimum atomic E-state index is -0.942. The number of nitrogens with zero attached hydrogens (tertiary/aromatic N) is 1. The number of piperazine rings is 1. The first kappa shape index (κ1) is 15.0. The molecule has 1 aliphatic rings. The highest BCUT2D eigenvalue weighted by molar-refractivity contribution is 5.87. The molecule has 1 rings (SSSR count). The fourth-order valence-corrected chi connectivity index (χ4v) is 2.27. The largest absolute Gasteiger partial charge is 0.481 e. The van der Waals surface area contributed by atoms with Crippen LogP contribution >= 0.6 is 0 Å². The third-order valence-corrected chi connectivity index (χ3v) is 3.12. The highest BCUT2D eigenvalue weighted by atomic mass is 16.4. The van der Waals surface area contributed by atoms with Crippen molar-refractivity contribution in [2.75, 3.05) is 13.1 Å². The quantitative estimate of drug-likeness (QED) is 0.772. The van der Waals surface area contributed by atoms with Crippen LogP contribution in [0.2, 0.25) is 0 Å². The van der Waals surface area contributed by atoms with Crippen LogP contribution in [0.15, 0.2) is 0 Å². The number of rotatable bonds is 5. The van der Waals surface area contributed by atoms with Gasteiger partial charge in [0.15, 0.2) is 0 Å². The average molecular weight is 256 g/mol. The standard InChI is InChI=1S/C13H24N2O3/c1-9(2)5-6-15-8-13(3,4)14-10(12(15)18)7-11(16)17/h9-10,14H,5-8H2,1-4H3,(H,16,17). The Hall–Kier alpha value is -1.10. The Bertz CT molecular complexity index is 326. The van der Waals surface area contributed by atoms with E-state index >= 15 is 0 Å². The molecular weight excluding hydrogens is 232 g/mol. The fourth-order valence-electron chi connectivity index (χ4n) is 2.27. The van der Waals surface area contributed by atoms with Crippen LogP contribution in [0.5, 0.6) is 0 Å². The van der Waals surface area contributed by atoms with Gasteiger partial charge in [0, 0.05) is 18.6 Å². The Kier molecular flexibility index (Phi) is 4.73. The minimum Gasteiger partial charge on any atom is -0.481 e. The monoisotopic (exact) mass is 256 g/mol. The molecule has 18 heavy (non-hydrogen) atoms. The van der Waals surface area contributed by atoms with Gasteiger partial charge in [-0.1, -0.05) is 13.8 Å². The molecule has 1 unspecified atom stereocenters. The highest BCUT2D eigenvalue weighted by Crippen LogP contribution is 2.18. The molecule has 1 heterocycles. The van der Waals surface area contributed by atoms with E-state index in [1.807, 2.05) is 13.8 Å². The molecule has 0 bridgehead atoms. The van der Waals surface area contributed by atoms with Crippen molar-refractivity contribution in [3.05, 3.63) is 0 Å². The zero-order chi connectivity index (χ0) is 13.9. The average Bonchev–Trinajstić information content (AvgIpc) is 2.19. The van der Waals surface area contributed by atoms with Crippen LogP contribution in [0, 0.1) is 5.92 Å². The van der Waals surface area contributed by atoms with E-state index in [-0.39, 0.29) is 17.9 Å². The molecule has 0 aromatic rings. The normalized spacial score (nSPS) is 23.5. The predicted molar refractivity (Wildman–Crippen MR) is 69.3 cm³/mol. The Morgan fingerprint density at radius 3 is 2.67 bits per heavy atom. The first-order valence-electron chi connectivity index (χ1n) is 6.49. The topological polar surface area (TPSA) is 69.6 Å². The lowest BCUT2D eigenvalue weighted by Crippen LogP contribution is -2.65. The van der Waals surface area contributed by atoms with Gasteiger partial charge in [-0.15, -0.1) is 0 Å². The molecule has 5 nitrogen and oxygen atoms in total. The lowest BCUT2D eigenvalue weighted by atomic mass is 9.96. The molecule has 1 aliphatic heterocycles. The Morgan fingerprint density at radius 1 is 1.56 bits per heavy atom. The number of hydrogen-bond donors (Lipinski definition) is 2. The lowest BCUT2D eigenvalue weighted by Gasteiger charge is -2.43. The first-order chi connectivity index (χ1) is 8.21. The molecule has 1 amide bonds. The molecule has 0 spiro atoms. The second-order valence-electron chi connectivity index (χ2n) is 6.12. The summed E-state index contributed by atoms with van der Waals surface area (Å²) in [6.07, 6.45) is 0.794. The number of carbonyl (C=O) groups excluding carboxylic acids is 1. The summed E-state index contributed by atoms with van der Waals surface area (Å²) in [5.74, 6) is -0.492. The fraction of sp³-hybridized carbons (Fsp3) is 0.846. The Labute approximate surface area is 109 Å². The minimum absolute atomic E-state index is 0.0858. The number of carbonyl (C=O) groups is 2. The van der Waals surface area contributed by atoms with E-state index in [2.05, 4.69) is 19.2 Å². The van der Waals surface area contributed by atoms with Gasteiger partial charge >= 0.3 is 5.97 Å². The lowest BCUT2D eigenvalue weighted by molar-refractivity contribution is -0.146. The molecule has 104 valence electrons. The molecule has 0 aromatic carbocycles. The summed E-state index contributed by atoms with van der Waals surface area (Å²) in [5, 5.41) is 12.0. The molecule has 0 aromatic heterocycles. The van der Waals surface area contributed by atoms with Gasteiger partial charge in [0.2, 0.25) is 5.91 Å². The molecule has 0 aliphatic carbocycles. The van der Waals surface area contributed by atoms with Crippen LogP contribution in [-0.2, 0) is 9.59 Å². The van der Waals surface area contributed by atoms with Crippen molar-refractivity contribution in [1.29, 1.82) is 0 Å². The van der Waals surface area contributed by atoms with Crippen LogP contribution < -0.4 is 5.32 Å². The Morgan fingerprint density at radius 2 is 2.17 bits per heavy atom. The number of carboxylic acids is 1. The number of hydrogen-bond acceptors (Lipinski definition) is 3. The van der Waals surface area contributed by atoms with Crippen molar-refractivity contribution in [1.82, 2.24) is 10.2 Å². The maximum Gasteiger partial charge on any atom is 0.305 e. The number of amides is 1. The van der Waals surface area contributed by atoms with E-state index in [1.54, 1.807) is 4.90 Å². The van der Waals surface area contributed by atoms with Crippen molar-refractivity contribution < 1.29 is 14.7 Å². The van der Waals surface area contributed by atoms with Gasteiger partial charge in [-0.25, -0.2) is 0 Å². The zero-order valence-electron chi connectivity index (χ0n) is 11.7. The summed E-state index contributed by atoms with van der Waals surface area (Å²) in [7, 11) is 0. The predicted octanol–water partition coefficient (Wildman–Crippen LogP) is 1.09. The van der Waals surface area contributed by atoms with E-state index in [9.17, 15) is 9.59 Å². The number of aliphatic carboxylic acids is 1. The zero-order valence-corrected chi connectivity index (χ0v) is 11.7. The maximum atomic E-state index is 12.2. The van der Waals surface area contributed by atoms with Crippen LogP contribution in [0.1, 0.15) is 40.5 Å². The third-order valence-electron chi connectivity index (χ3n) is 3.12. The van der Waals surface area contributed by atoms with E-state index < -0.39 is 12.0 Å². The van der Waals surface area contributed by atoms with Gasteiger partial charge in [0.1, 0.15) is 0 Å². The van der Waals surface area contributed by atoms with Crippen molar-refractivity contribution >= 4 is 11.9 Å². The van der Waals surface area contributed by atoms with Gasteiger partial charge in [-0.2, -0.15) is 0 Å². The summed E-state index contributed by atoms with van der Waals surface area (Å²) in [5.41, 5.74) is -0.231. The smallest absolute Gasteiger partial charge is 0.305 e. The SMILES string of the molecule is CC(C)CCN1CC(C)(C)NC(CC(=O)O)C1=O. The highest BCUT2D eigenvalue weighted by Gasteiger charge is 2.38. The van der Waals surface area contributed by atoms with Gasteiger partial charge in [-0.3, -0.25) is 14.9 Å². The summed E-state index contributed by atoms with van der Waals surface area (Å²) >= 11 is 0. The molecule has 1 saturated heterocycles. The maximum absolute atomic E-state index is 12.2. The summed E-state index contributed by atoms with van der Waals surface area (Å²) in [6, 6.07) is -0.599. The molecule has 0 radical (unpaired) electrons. The summed E-state index contributed by atoms with van der Waals surface area (Å²) in [4.78, 5) is 24.7. The van der Waals surface area contributed by atoms with Crippen molar-refractivity contribution in [3.63, 3.8) is 0 Å². The summed E-state index contributed by atoms with van der Waals surface area (Å²) < 4.78 is 0. The second kappa shape index (κ2) is 5.69. The van der Waals surface area contributed by atoms with Crippen molar-refractivity contribution in [2.24, 2.45) is 5.92 Å². The molecule has 5 heteroatoms. The molecule has 1 atom stereocenters. The molecule has 1 fully saturated rings. The van der Waals surface area contributed by atoms with Gasteiger partial charge in [0.25, 0.3) is 0 Å². The van der Waals surface area contributed by atoms with Gasteiger partial charge in [0.05, 0.1) is 12.5 Å². The van der Waals surface area contributed by atoms with E-state index in [4.69, 9.17) is 5.11 Å². The van der Waals surface area contributed by atoms with Gasteiger partial charge in [-0.05, 0) is 26.2 Å². The van der Waals surface area contributed by atoms with Crippen molar-refractivity contribution in [3.8, 4) is 0 Å². The number of nitrogens with one attached hydrogen (secondary N) is 1. The van der Waals surface area contributed by atoms with Crippen molar-refractivity contribution in [2.45, 2.75) is 52.1 Å². The van der Waals surface area contributed by atoms with Crippen LogP contribution in [0.4, 0.5) is 0 Å². The molecular formula is C13H24N2O3. The van der Waals surface area contributed by atoms with Gasteiger partial charge < -0.3 is 10.0 Å². The Balaban J connectivity index is 2.71. The molecule has 2 N–H and O–H groups in total. The van der Waals surface area contributed by atoms with E-state index in [0.717, 1.165) is 6.42 Å². The van der Waals surface area contributed by atoms with Crippen LogP contribution in [0.25, 0.3) is 0 Å². The second-order valence-corrected chi connectivity index (χ2v) is 6.12. The van der Waals surface area contributed by atoms with Crippen LogP contribution in [0.3, 0.4) is 0 Å². The van der Waals surface area contributed by atoms with E-state index in [0.29, 0.717) is 19.0 Å². The van der Waals surface area contributed by atoms with E-state index in [1.165, 1.54) is 0 Å². The number of carboxylic acid groups (broad SMARTS) is 1. The molecule has 0 saturated carbocycles. The summed E-state index contributed by atoms with van der Waals surface area (Å²) in [6.45, 7) is 9.57.